The van der Waals surface area contributed by atoms with Gasteiger partial charge in [0.15, 0.2) is 5.79 Å². The fourth-order valence-electron chi connectivity index (χ4n) is 1.59. The van der Waals surface area contributed by atoms with E-state index >= 15 is 0 Å². The van der Waals surface area contributed by atoms with Crippen LogP contribution in [-0.4, -0.2) is 30.5 Å². The van der Waals surface area contributed by atoms with Crippen LogP contribution in [-0.2, 0) is 9.47 Å². The zero-order chi connectivity index (χ0) is 10.6. The predicted molar refractivity (Wildman–Crippen MR) is 57.7 cm³/mol. The van der Waals surface area contributed by atoms with Crippen molar-refractivity contribution in [2.75, 3.05) is 25.1 Å². The highest BCUT2D eigenvalue weighted by atomic mass is 16.7. The minimum atomic E-state index is -0.415. The molecule has 0 radical (unpaired) electrons. The lowest BCUT2D eigenvalue weighted by atomic mass is 10.2. The molecule has 4 nitrogen and oxygen atoms in total. The first kappa shape index (κ1) is 10.4. The second kappa shape index (κ2) is 4.59. The Morgan fingerprint density at radius 3 is 2.87 bits per heavy atom. The first-order valence-corrected chi connectivity index (χ1v) is 5.21. The lowest BCUT2D eigenvalue weighted by Gasteiger charge is -2.22. The summed E-state index contributed by atoms with van der Waals surface area (Å²) in [5.41, 5.74) is 0. The van der Waals surface area contributed by atoms with Gasteiger partial charge in [-0.25, -0.2) is 4.98 Å². The van der Waals surface area contributed by atoms with Crippen molar-refractivity contribution < 1.29 is 9.47 Å². The first-order valence-electron chi connectivity index (χ1n) is 5.21. The highest BCUT2D eigenvalue weighted by Crippen LogP contribution is 2.22. The van der Waals surface area contributed by atoms with Crippen LogP contribution in [0.1, 0.15) is 13.3 Å². The maximum Gasteiger partial charge on any atom is 0.167 e. The third-order valence-corrected chi connectivity index (χ3v) is 2.45. The van der Waals surface area contributed by atoms with E-state index in [0.29, 0.717) is 13.2 Å². The van der Waals surface area contributed by atoms with E-state index < -0.39 is 5.79 Å². The molecule has 0 bridgehead atoms. The molecule has 1 aliphatic rings. The van der Waals surface area contributed by atoms with Gasteiger partial charge in [0.25, 0.3) is 0 Å². The zero-order valence-corrected chi connectivity index (χ0v) is 8.90. The van der Waals surface area contributed by atoms with E-state index in [9.17, 15) is 0 Å². The zero-order valence-electron chi connectivity index (χ0n) is 8.90. The van der Waals surface area contributed by atoms with Gasteiger partial charge in [-0.1, -0.05) is 6.07 Å². The SMILES string of the molecule is CC1(CCNc2ccccn2)OCCO1. The Morgan fingerprint density at radius 2 is 2.20 bits per heavy atom. The number of rotatable bonds is 4. The molecule has 15 heavy (non-hydrogen) atoms. The Kier molecular flexibility index (Phi) is 3.18. The summed E-state index contributed by atoms with van der Waals surface area (Å²) in [6.07, 6.45) is 2.59. The lowest BCUT2D eigenvalue weighted by Crippen LogP contribution is -2.28. The van der Waals surface area contributed by atoms with E-state index in [1.54, 1.807) is 6.20 Å². The Labute approximate surface area is 89.6 Å². The third kappa shape index (κ3) is 2.91. The molecule has 4 heteroatoms. The molecule has 0 aliphatic carbocycles. The summed E-state index contributed by atoms with van der Waals surface area (Å²) in [4.78, 5) is 4.17. The Balaban J connectivity index is 1.75. The van der Waals surface area contributed by atoms with Crippen molar-refractivity contribution in [3.05, 3.63) is 24.4 Å². The van der Waals surface area contributed by atoms with Gasteiger partial charge in [-0.15, -0.1) is 0 Å². The molecule has 0 spiro atoms. The summed E-state index contributed by atoms with van der Waals surface area (Å²) >= 11 is 0. The van der Waals surface area contributed by atoms with E-state index in [0.717, 1.165) is 18.8 Å². The van der Waals surface area contributed by atoms with Gasteiger partial charge >= 0.3 is 0 Å². The first-order chi connectivity index (χ1) is 7.29. The molecule has 1 aliphatic heterocycles. The number of ether oxygens (including phenoxy) is 2. The second-order valence-electron chi connectivity index (χ2n) is 3.72. The van der Waals surface area contributed by atoms with Crippen LogP contribution in [0.3, 0.4) is 0 Å². The Bertz CT molecular complexity index is 297. The monoisotopic (exact) mass is 208 g/mol. The number of hydrogen-bond donors (Lipinski definition) is 1. The lowest BCUT2D eigenvalue weighted by molar-refractivity contribution is -0.144. The summed E-state index contributed by atoms with van der Waals surface area (Å²) in [5.74, 6) is 0.473. The van der Waals surface area contributed by atoms with Crippen LogP contribution in [0.4, 0.5) is 5.82 Å². The van der Waals surface area contributed by atoms with Crippen molar-refractivity contribution in [1.29, 1.82) is 0 Å². The van der Waals surface area contributed by atoms with E-state index in [1.807, 2.05) is 25.1 Å². The van der Waals surface area contributed by atoms with E-state index in [-0.39, 0.29) is 0 Å². The van der Waals surface area contributed by atoms with Gasteiger partial charge < -0.3 is 14.8 Å². The van der Waals surface area contributed by atoms with E-state index in [2.05, 4.69) is 10.3 Å². The molecule has 0 amide bonds. The van der Waals surface area contributed by atoms with Gasteiger partial charge in [0, 0.05) is 19.2 Å². The molecule has 0 unspecified atom stereocenters. The number of nitrogens with one attached hydrogen (secondary N) is 1. The Hall–Kier alpha value is -1.13. The summed E-state index contributed by atoms with van der Waals surface area (Å²) in [6, 6.07) is 5.80. The topological polar surface area (TPSA) is 43.4 Å². The van der Waals surface area contributed by atoms with Gasteiger partial charge in [-0.2, -0.15) is 0 Å². The predicted octanol–water partition coefficient (Wildman–Crippen LogP) is 1.65. The van der Waals surface area contributed by atoms with Crippen molar-refractivity contribution >= 4 is 5.82 Å². The molecule has 0 saturated carbocycles. The van der Waals surface area contributed by atoms with Crippen LogP contribution in [0.15, 0.2) is 24.4 Å². The molecule has 2 rings (SSSR count). The van der Waals surface area contributed by atoms with Crippen molar-refractivity contribution in [2.45, 2.75) is 19.1 Å². The van der Waals surface area contributed by atoms with E-state index in [4.69, 9.17) is 9.47 Å². The van der Waals surface area contributed by atoms with Gasteiger partial charge in [0.1, 0.15) is 5.82 Å². The highest BCUT2D eigenvalue weighted by molar-refractivity contribution is 5.32. The fraction of sp³-hybridized carbons (Fsp3) is 0.545. The minimum Gasteiger partial charge on any atom is -0.370 e. The Morgan fingerprint density at radius 1 is 1.40 bits per heavy atom. The largest absolute Gasteiger partial charge is 0.370 e. The minimum absolute atomic E-state index is 0.415. The maximum atomic E-state index is 5.50. The van der Waals surface area contributed by atoms with Gasteiger partial charge in [0.2, 0.25) is 0 Å². The van der Waals surface area contributed by atoms with Crippen LogP contribution < -0.4 is 5.32 Å². The standard InChI is InChI=1S/C11H16N2O2/c1-11(14-8-9-15-11)5-7-13-10-4-2-3-6-12-10/h2-4,6H,5,7-9H2,1H3,(H,12,13). The summed E-state index contributed by atoms with van der Waals surface area (Å²) in [6.45, 7) is 4.16. The quantitative estimate of drug-likeness (QED) is 0.817. The van der Waals surface area contributed by atoms with E-state index in [1.165, 1.54) is 0 Å². The number of pyridine rings is 1. The van der Waals surface area contributed by atoms with Crippen LogP contribution >= 0.6 is 0 Å². The number of anilines is 1. The third-order valence-electron chi connectivity index (χ3n) is 2.45. The highest BCUT2D eigenvalue weighted by Gasteiger charge is 2.30. The van der Waals surface area contributed by atoms with Gasteiger partial charge in [-0.05, 0) is 19.1 Å². The summed E-state index contributed by atoms with van der Waals surface area (Å²) in [7, 11) is 0. The number of aromatic nitrogens is 1. The molecule has 1 saturated heterocycles. The second-order valence-corrected chi connectivity index (χ2v) is 3.72. The van der Waals surface area contributed by atoms with Crippen LogP contribution in [0.25, 0.3) is 0 Å². The molecule has 1 fully saturated rings. The average Bonchev–Trinajstić information content (AvgIpc) is 2.67. The number of hydrogen-bond acceptors (Lipinski definition) is 4. The molecular formula is C11H16N2O2. The van der Waals surface area contributed by atoms with Crippen molar-refractivity contribution in [2.24, 2.45) is 0 Å². The maximum absolute atomic E-state index is 5.50. The van der Waals surface area contributed by atoms with Gasteiger partial charge in [-0.3, -0.25) is 0 Å². The van der Waals surface area contributed by atoms with Gasteiger partial charge in [0.05, 0.1) is 13.2 Å². The molecule has 2 heterocycles. The van der Waals surface area contributed by atoms with Crippen LogP contribution in [0.2, 0.25) is 0 Å². The van der Waals surface area contributed by atoms with Crippen LogP contribution in [0, 0.1) is 0 Å². The van der Waals surface area contributed by atoms with Crippen LogP contribution in [0.5, 0.6) is 0 Å². The molecule has 1 aromatic rings. The fourth-order valence-corrected chi connectivity index (χ4v) is 1.59. The molecule has 0 aromatic carbocycles. The number of nitrogens with zero attached hydrogens (tertiary/aromatic N) is 1. The molecular weight excluding hydrogens is 192 g/mol. The molecule has 1 N–H and O–H groups in total. The molecule has 82 valence electrons. The normalized spacial score (nSPS) is 19.0. The molecule has 0 atom stereocenters. The smallest absolute Gasteiger partial charge is 0.167 e. The summed E-state index contributed by atoms with van der Waals surface area (Å²) in [5, 5.41) is 3.23. The van der Waals surface area contributed by atoms with Crippen molar-refractivity contribution in [1.82, 2.24) is 4.98 Å². The van der Waals surface area contributed by atoms with Crippen molar-refractivity contribution in [3.8, 4) is 0 Å². The van der Waals surface area contributed by atoms with Crippen molar-refractivity contribution in [3.63, 3.8) is 0 Å². The average molecular weight is 208 g/mol. The molecule has 1 aromatic heterocycles. The summed E-state index contributed by atoms with van der Waals surface area (Å²) < 4.78 is 11.0.